The Balaban J connectivity index is 1.34. The van der Waals surface area contributed by atoms with Crippen molar-refractivity contribution in [3.63, 3.8) is 0 Å². The summed E-state index contributed by atoms with van der Waals surface area (Å²) in [7, 11) is 0. The lowest BCUT2D eigenvalue weighted by Gasteiger charge is -2.19. The van der Waals surface area contributed by atoms with E-state index < -0.39 is 0 Å². The van der Waals surface area contributed by atoms with Crippen LogP contribution in [0.4, 0.5) is 0 Å². The number of aromatic nitrogens is 2. The van der Waals surface area contributed by atoms with Crippen molar-refractivity contribution < 1.29 is 0 Å². The summed E-state index contributed by atoms with van der Waals surface area (Å²) in [6.07, 6.45) is 1.93. The predicted octanol–water partition coefficient (Wildman–Crippen LogP) is 13.5. The van der Waals surface area contributed by atoms with E-state index in [9.17, 15) is 0 Å². The molecule has 2 nitrogen and oxygen atoms in total. The third-order valence-electron chi connectivity index (χ3n) is 10.1. The molecule has 0 saturated carbocycles. The molecule has 0 spiro atoms. The lowest BCUT2D eigenvalue weighted by atomic mass is 9.86. The molecule has 0 fully saturated rings. The van der Waals surface area contributed by atoms with Crippen molar-refractivity contribution in [2.75, 3.05) is 0 Å². The highest BCUT2D eigenvalue weighted by atomic mass is 14.7. The Morgan fingerprint density at radius 1 is 0.423 bits per heavy atom. The van der Waals surface area contributed by atoms with Gasteiger partial charge in [0.2, 0.25) is 0 Å². The smallest absolute Gasteiger partial charge is 0.0794 e. The molecular weight excluding hydrogens is 629 g/mol. The molecule has 52 heavy (non-hydrogen) atoms. The summed E-state index contributed by atoms with van der Waals surface area (Å²) in [5, 5.41) is 1.12. The van der Waals surface area contributed by atoms with Gasteiger partial charge in [0.1, 0.15) is 0 Å². The zero-order chi connectivity index (χ0) is 35.8. The monoisotopic (exact) mass is 670 g/mol. The average Bonchev–Trinajstić information content (AvgIpc) is 3.17. The van der Waals surface area contributed by atoms with Crippen LogP contribution < -0.4 is 0 Å². The minimum absolute atomic E-state index is 0.0366. The van der Waals surface area contributed by atoms with Crippen LogP contribution in [0.2, 0.25) is 0 Å². The molecule has 2 heterocycles. The third kappa shape index (κ3) is 6.56. The van der Waals surface area contributed by atoms with Gasteiger partial charge in [0, 0.05) is 28.3 Å². The molecule has 0 N–H and O–H groups in total. The van der Waals surface area contributed by atoms with Crippen LogP contribution >= 0.6 is 0 Å². The van der Waals surface area contributed by atoms with E-state index in [1.165, 1.54) is 44.5 Å². The summed E-state index contributed by atoms with van der Waals surface area (Å²) in [5.74, 6) is 0. The summed E-state index contributed by atoms with van der Waals surface area (Å²) in [5.41, 5.74) is 18.3. The van der Waals surface area contributed by atoms with Crippen LogP contribution in [0.5, 0.6) is 0 Å². The van der Waals surface area contributed by atoms with E-state index in [2.05, 4.69) is 192 Å². The number of nitrogens with zero attached hydrogens (tertiary/aromatic N) is 2. The number of aryl methyl sites for hydroxylation is 2. The van der Waals surface area contributed by atoms with Crippen molar-refractivity contribution >= 4 is 10.9 Å². The first kappa shape index (κ1) is 33.0. The Morgan fingerprint density at radius 2 is 1.04 bits per heavy atom. The third-order valence-corrected chi connectivity index (χ3v) is 10.1. The number of hydrogen-bond donors (Lipinski definition) is 0. The van der Waals surface area contributed by atoms with Crippen LogP contribution in [0, 0.1) is 13.8 Å². The summed E-state index contributed by atoms with van der Waals surface area (Å²) in [6, 6.07) is 56.9. The second-order valence-corrected chi connectivity index (χ2v) is 14.9. The van der Waals surface area contributed by atoms with E-state index in [4.69, 9.17) is 9.97 Å². The van der Waals surface area contributed by atoms with Gasteiger partial charge in [0.15, 0.2) is 0 Å². The number of rotatable bonds is 6. The van der Waals surface area contributed by atoms with Gasteiger partial charge in [-0.2, -0.15) is 0 Å². The molecule has 0 bridgehead atoms. The van der Waals surface area contributed by atoms with E-state index in [-0.39, 0.29) is 5.41 Å². The molecule has 0 amide bonds. The highest BCUT2D eigenvalue weighted by Crippen LogP contribution is 2.40. The molecule has 0 atom stereocenters. The standard InChI is InChI=1S/C50H42N2/c1-33-19-20-43(34(2)27-33)40-29-39(35-13-8-6-9-14-35)30-41(31-40)44-21-22-45(49-46(44)23-24-47(52-49)36-15-10-7-11-16-36)37-17-12-18-38(28-37)48-32-42(25-26-51-48)50(3,4)5/h6-32H,1-5H3. The van der Waals surface area contributed by atoms with E-state index in [1.54, 1.807) is 0 Å². The van der Waals surface area contributed by atoms with Crippen molar-refractivity contribution in [2.45, 2.75) is 40.0 Å². The minimum atomic E-state index is 0.0366. The van der Waals surface area contributed by atoms with Crippen LogP contribution in [0.3, 0.4) is 0 Å². The van der Waals surface area contributed by atoms with Gasteiger partial charge in [-0.15, -0.1) is 0 Å². The summed E-state index contributed by atoms with van der Waals surface area (Å²) < 4.78 is 0. The number of hydrogen-bond acceptors (Lipinski definition) is 2. The SMILES string of the molecule is Cc1ccc(-c2cc(-c3ccccc3)cc(-c3ccc(-c4cccc(-c5cc(C(C)(C)C)ccn5)c4)c4nc(-c5ccccc5)ccc34)c2)c(C)c1. The van der Waals surface area contributed by atoms with Crippen LogP contribution in [0.15, 0.2) is 164 Å². The Morgan fingerprint density at radius 3 is 1.77 bits per heavy atom. The van der Waals surface area contributed by atoms with Gasteiger partial charge in [0.25, 0.3) is 0 Å². The van der Waals surface area contributed by atoms with Crippen molar-refractivity contribution in [1.82, 2.24) is 9.97 Å². The Bertz CT molecular complexity index is 2560. The Hall–Kier alpha value is -6.12. The van der Waals surface area contributed by atoms with E-state index in [0.717, 1.165) is 50.1 Å². The number of pyridine rings is 2. The molecule has 8 rings (SSSR count). The maximum absolute atomic E-state index is 5.43. The first-order valence-electron chi connectivity index (χ1n) is 18.1. The Labute approximate surface area is 307 Å². The predicted molar refractivity (Wildman–Crippen MR) is 220 cm³/mol. The maximum Gasteiger partial charge on any atom is 0.0794 e. The topological polar surface area (TPSA) is 25.8 Å². The van der Waals surface area contributed by atoms with Crippen LogP contribution in [0.25, 0.3) is 77.9 Å². The molecule has 6 aromatic carbocycles. The van der Waals surface area contributed by atoms with E-state index in [1.807, 2.05) is 6.20 Å². The molecule has 0 unspecified atom stereocenters. The quantitative estimate of drug-likeness (QED) is 0.176. The normalized spacial score (nSPS) is 11.6. The highest BCUT2D eigenvalue weighted by molar-refractivity contribution is 6.04. The Kier molecular flexibility index (Phi) is 8.61. The minimum Gasteiger partial charge on any atom is -0.256 e. The van der Waals surface area contributed by atoms with Gasteiger partial charge in [-0.25, -0.2) is 4.98 Å². The molecule has 0 saturated heterocycles. The zero-order valence-corrected chi connectivity index (χ0v) is 30.5. The molecule has 0 aliphatic rings. The second-order valence-electron chi connectivity index (χ2n) is 14.9. The molecule has 2 heteroatoms. The molecule has 252 valence electrons. The molecular formula is C50H42N2. The molecule has 2 aromatic heterocycles. The molecule has 0 aliphatic carbocycles. The first-order valence-corrected chi connectivity index (χ1v) is 18.1. The summed E-state index contributed by atoms with van der Waals surface area (Å²) in [4.78, 5) is 10.2. The van der Waals surface area contributed by atoms with Crippen molar-refractivity contribution in [3.05, 3.63) is 181 Å². The van der Waals surface area contributed by atoms with Crippen LogP contribution in [0.1, 0.15) is 37.5 Å². The van der Waals surface area contributed by atoms with Gasteiger partial charge in [-0.1, -0.05) is 136 Å². The van der Waals surface area contributed by atoms with Gasteiger partial charge in [-0.3, -0.25) is 4.98 Å². The van der Waals surface area contributed by atoms with Crippen molar-refractivity contribution in [3.8, 4) is 67.0 Å². The molecule has 0 radical (unpaired) electrons. The lowest BCUT2D eigenvalue weighted by molar-refractivity contribution is 0.589. The number of fused-ring (bicyclic) bond motifs is 1. The summed E-state index contributed by atoms with van der Waals surface area (Å²) >= 11 is 0. The van der Waals surface area contributed by atoms with Crippen molar-refractivity contribution in [2.24, 2.45) is 0 Å². The fraction of sp³-hybridized carbons (Fsp3) is 0.120. The zero-order valence-electron chi connectivity index (χ0n) is 30.5. The van der Waals surface area contributed by atoms with Gasteiger partial charge >= 0.3 is 0 Å². The maximum atomic E-state index is 5.43. The van der Waals surface area contributed by atoms with Crippen LogP contribution in [-0.4, -0.2) is 9.97 Å². The van der Waals surface area contributed by atoms with Crippen molar-refractivity contribution in [1.29, 1.82) is 0 Å². The van der Waals surface area contributed by atoms with E-state index in [0.29, 0.717) is 0 Å². The largest absolute Gasteiger partial charge is 0.256 e. The van der Waals surface area contributed by atoms with Gasteiger partial charge in [0.05, 0.1) is 16.9 Å². The summed E-state index contributed by atoms with van der Waals surface area (Å²) in [6.45, 7) is 11.1. The van der Waals surface area contributed by atoms with Gasteiger partial charge in [-0.05, 0) is 118 Å². The fourth-order valence-electron chi connectivity index (χ4n) is 7.25. The molecule has 8 aromatic rings. The lowest BCUT2D eigenvalue weighted by Crippen LogP contribution is -2.11. The number of benzene rings is 6. The fourth-order valence-corrected chi connectivity index (χ4v) is 7.25. The highest BCUT2D eigenvalue weighted by Gasteiger charge is 2.18. The first-order chi connectivity index (χ1) is 25.2. The van der Waals surface area contributed by atoms with Gasteiger partial charge < -0.3 is 0 Å². The average molecular weight is 671 g/mol. The second kappa shape index (κ2) is 13.5. The van der Waals surface area contributed by atoms with E-state index >= 15 is 0 Å². The molecule has 0 aliphatic heterocycles. The van der Waals surface area contributed by atoms with Crippen LogP contribution in [-0.2, 0) is 5.41 Å².